The molecule has 5 rings (SSSR count). The SMILES string of the molecule is CCC1C2CC(O)CCC2NC2c3cc4c(c(=O)n3CC21)COC(=O)[C@]4(O)CC. The molecule has 2 fully saturated rings. The average Bonchev–Trinajstić information content (AvgIpc) is 3.08. The summed E-state index contributed by atoms with van der Waals surface area (Å²) in [5.41, 5.74) is -0.202. The van der Waals surface area contributed by atoms with Crippen LogP contribution < -0.4 is 10.9 Å². The van der Waals surface area contributed by atoms with Gasteiger partial charge in [-0.15, -0.1) is 0 Å². The summed E-state index contributed by atoms with van der Waals surface area (Å²) >= 11 is 0. The number of carbonyl (C=O) groups is 1. The van der Waals surface area contributed by atoms with E-state index in [1.165, 1.54) is 0 Å². The number of ether oxygens (including phenoxy) is 1. The molecular weight excluding hydrogens is 372 g/mol. The van der Waals surface area contributed by atoms with Crippen molar-refractivity contribution in [3.8, 4) is 0 Å². The summed E-state index contributed by atoms with van der Waals surface area (Å²) < 4.78 is 6.98. The Morgan fingerprint density at radius 1 is 1.28 bits per heavy atom. The van der Waals surface area contributed by atoms with Crippen LogP contribution in [0.15, 0.2) is 10.9 Å². The zero-order valence-corrected chi connectivity index (χ0v) is 17.1. The second-order valence-electron chi connectivity index (χ2n) is 9.28. The van der Waals surface area contributed by atoms with E-state index in [4.69, 9.17) is 4.74 Å². The van der Waals surface area contributed by atoms with Crippen molar-refractivity contribution in [2.45, 2.75) is 82.9 Å². The van der Waals surface area contributed by atoms with E-state index in [0.29, 0.717) is 35.5 Å². The maximum Gasteiger partial charge on any atom is 0.343 e. The summed E-state index contributed by atoms with van der Waals surface area (Å²) in [5.74, 6) is 0.452. The fraction of sp³-hybridized carbons (Fsp3) is 0.727. The van der Waals surface area contributed by atoms with Crippen LogP contribution in [0.4, 0.5) is 0 Å². The van der Waals surface area contributed by atoms with Gasteiger partial charge in [0.15, 0.2) is 5.60 Å². The molecule has 29 heavy (non-hydrogen) atoms. The largest absolute Gasteiger partial charge is 0.458 e. The number of nitrogens with zero attached hydrogens (tertiary/aromatic N) is 1. The van der Waals surface area contributed by atoms with Gasteiger partial charge < -0.3 is 24.8 Å². The van der Waals surface area contributed by atoms with Crippen molar-refractivity contribution in [1.29, 1.82) is 0 Å². The van der Waals surface area contributed by atoms with Gasteiger partial charge in [0, 0.05) is 29.8 Å². The third-order valence-corrected chi connectivity index (χ3v) is 8.05. The van der Waals surface area contributed by atoms with Crippen molar-refractivity contribution in [1.82, 2.24) is 9.88 Å². The third-order valence-electron chi connectivity index (χ3n) is 8.05. The first-order chi connectivity index (χ1) is 13.9. The Bertz CT molecular complexity index is 911. The zero-order valence-electron chi connectivity index (χ0n) is 17.1. The van der Waals surface area contributed by atoms with E-state index in [1.54, 1.807) is 6.92 Å². The summed E-state index contributed by atoms with van der Waals surface area (Å²) in [6.07, 6.45) is 3.51. The number of esters is 1. The summed E-state index contributed by atoms with van der Waals surface area (Å²) in [7, 11) is 0. The van der Waals surface area contributed by atoms with Crippen molar-refractivity contribution in [3.05, 3.63) is 33.2 Å². The van der Waals surface area contributed by atoms with Crippen LogP contribution in [0, 0.1) is 17.8 Å². The van der Waals surface area contributed by atoms with Crippen LogP contribution in [0.25, 0.3) is 0 Å². The minimum absolute atomic E-state index is 0.0356. The second-order valence-corrected chi connectivity index (χ2v) is 9.28. The molecule has 1 saturated heterocycles. The molecule has 0 radical (unpaired) electrons. The number of carbonyl (C=O) groups excluding carboxylic acids is 1. The number of aromatic nitrogens is 1. The number of cyclic esters (lactones) is 1. The fourth-order valence-corrected chi connectivity index (χ4v) is 6.51. The predicted molar refractivity (Wildman–Crippen MR) is 105 cm³/mol. The van der Waals surface area contributed by atoms with Crippen LogP contribution in [-0.4, -0.2) is 32.9 Å². The molecule has 6 unspecified atom stereocenters. The molecule has 7 heteroatoms. The van der Waals surface area contributed by atoms with Gasteiger partial charge in [0.2, 0.25) is 0 Å². The maximum atomic E-state index is 13.3. The van der Waals surface area contributed by atoms with E-state index in [0.717, 1.165) is 31.4 Å². The van der Waals surface area contributed by atoms with Gasteiger partial charge in [0.05, 0.1) is 17.7 Å². The lowest BCUT2D eigenvalue weighted by Gasteiger charge is -2.49. The molecule has 1 aromatic rings. The number of fused-ring (bicyclic) bond motifs is 5. The van der Waals surface area contributed by atoms with Crippen LogP contribution in [0.3, 0.4) is 0 Å². The van der Waals surface area contributed by atoms with Gasteiger partial charge in [-0.2, -0.15) is 0 Å². The molecule has 0 spiro atoms. The molecule has 4 heterocycles. The Balaban J connectivity index is 1.60. The molecule has 1 aliphatic carbocycles. The van der Waals surface area contributed by atoms with Gasteiger partial charge in [0.1, 0.15) is 6.61 Å². The van der Waals surface area contributed by atoms with E-state index < -0.39 is 11.6 Å². The summed E-state index contributed by atoms with van der Waals surface area (Å²) in [6, 6.07) is 2.24. The number of pyridine rings is 1. The lowest BCUT2D eigenvalue weighted by atomic mass is 9.65. The van der Waals surface area contributed by atoms with Crippen LogP contribution in [0.2, 0.25) is 0 Å². The lowest BCUT2D eigenvalue weighted by Crippen LogP contribution is -2.54. The van der Waals surface area contributed by atoms with Crippen molar-refractivity contribution in [2.24, 2.45) is 17.8 Å². The van der Waals surface area contributed by atoms with Gasteiger partial charge in [-0.3, -0.25) is 4.79 Å². The molecule has 158 valence electrons. The van der Waals surface area contributed by atoms with Crippen LogP contribution >= 0.6 is 0 Å². The fourth-order valence-electron chi connectivity index (χ4n) is 6.51. The molecule has 3 N–H and O–H groups in total. The first-order valence-electron chi connectivity index (χ1n) is 11.0. The molecular formula is C22H30N2O5. The molecule has 7 nitrogen and oxygen atoms in total. The molecule has 4 aliphatic rings. The Hall–Kier alpha value is -1.70. The van der Waals surface area contributed by atoms with Crippen molar-refractivity contribution in [3.63, 3.8) is 0 Å². The van der Waals surface area contributed by atoms with E-state index in [2.05, 4.69) is 12.2 Å². The molecule has 3 aliphatic heterocycles. The monoisotopic (exact) mass is 402 g/mol. The predicted octanol–water partition coefficient (Wildman–Crippen LogP) is 1.33. The van der Waals surface area contributed by atoms with Gasteiger partial charge in [-0.1, -0.05) is 20.3 Å². The number of hydrogen-bond acceptors (Lipinski definition) is 6. The van der Waals surface area contributed by atoms with Crippen molar-refractivity contribution < 1.29 is 19.7 Å². The normalized spacial score (nSPS) is 40.5. The summed E-state index contributed by atoms with van der Waals surface area (Å²) in [5, 5.41) is 25.0. The molecule has 7 atom stereocenters. The second kappa shape index (κ2) is 6.65. The van der Waals surface area contributed by atoms with E-state index >= 15 is 0 Å². The number of nitrogens with one attached hydrogen (secondary N) is 1. The van der Waals surface area contributed by atoms with Crippen LogP contribution in [-0.2, 0) is 28.3 Å². The highest BCUT2D eigenvalue weighted by Crippen LogP contribution is 2.49. The average molecular weight is 402 g/mol. The van der Waals surface area contributed by atoms with Gasteiger partial charge in [-0.05, 0) is 43.6 Å². The number of aliphatic hydroxyl groups excluding tert-OH is 1. The Morgan fingerprint density at radius 3 is 2.79 bits per heavy atom. The van der Waals surface area contributed by atoms with Crippen LogP contribution in [0.5, 0.6) is 0 Å². The van der Waals surface area contributed by atoms with E-state index in [-0.39, 0.29) is 36.7 Å². The minimum Gasteiger partial charge on any atom is -0.458 e. The minimum atomic E-state index is -1.75. The molecule has 1 aromatic heterocycles. The molecule has 0 bridgehead atoms. The standard InChI is InChI=1S/C22H30N2O5/c1-3-12-13-7-11(25)5-6-17(13)23-19-14(12)9-24-18(19)8-16-15(20(24)26)10-29-21(27)22(16,28)4-2/h8,11-14,17,19,23,25,28H,3-7,9-10H2,1-2H3/t11?,12?,13?,14?,17?,19?,22-/m0/s1. The lowest BCUT2D eigenvalue weighted by molar-refractivity contribution is -0.172. The number of aliphatic hydroxyl groups is 2. The molecule has 1 saturated carbocycles. The van der Waals surface area contributed by atoms with E-state index in [9.17, 15) is 19.8 Å². The smallest absolute Gasteiger partial charge is 0.343 e. The Labute approximate surface area is 170 Å². The van der Waals surface area contributed by atoms with Crippen LogP contribution in [0.1, 0.15) is 68.8 Å². The Morgan fingerprint density at radius 2 is 2.07 bits per heavy atom. The van der Waals surface area contributed by atoms with Crippen molar-refractivity contribution >= 4 is 5.97 Å². The third kappa shape index (κ3) is 2.60. The highest BCUT2D eigenvalue weighted by atomic mass is 16.6. The van der Waals surface area contributed by atoms with E-state index in [1.807, 2.05) is 10.6 Å². The number of piperidine rings is 1. The molecule has 0 aromatic carbocycles. The zero-order chi connectivity index (χ0) is 20.5. The molecule has 0 amide bonds. The summed E-state index contributed by atoms with van der Waals surface area (Å²) in [4.78, 5) is 25.6. The first kappa shape index (κ1) is 19.3. The highest BCUT2D eigenvalue weighted by molar-refractivity contribution is 5.83. The van der Waals surface area contributed by atoms with Gasteiger partial charge >= 0.3 is 5.97 Å². The maximum absolute atomic E-state index is 13.3. The highest BCUT2D eigenvalue weighted by Gasteiger charge is 2.51. The number of hydrogen-bond donors (Lipinski definition) is 3. The Kier molecular flexibility index (Phi) is 4.42. The first-order valence-corrected chi connectivity index (χ1v) is 11.0. The summed E-state index contributed by atoms with van der Waals surface area (Å²) in [6.45, 7) is 4.49. The van der Waals surface area contributed by atoms with Gasteiger partial charge in [-0.25, -0.2) is 4.79 Å². The number of rotatable bonds is 2. The topological polar surface area (TPSA) is 101 Å². The quantitative estimate of drug-likeness (QED) is 0.646. The van der Waals surface area contributed by atoms with Crippen molar-refractivity contribution in [2.75, 3.05) is 0 Å². The van der Waals surface area contributed by atoms with Gasteiger partial charge in [0.25, 0.3) is 5.56 Å².